The van der Waals surface area contributed by atoms with Gasteiger partial charge in [-0.2, -0.15) is 0 Å². The van der Waals surface area contributed by atoms with Crippen LogP contribution in [0.15, 0.2) is 160 Å². The van der Waals surface area contributed by atoms with E-state index in [4.69, 9.17) is 23.8 Å². The van der Waals surface area contributed by atoms with Gasteiger partial charge < -0.3 is 8.83 Å². The van der Waals surface area contributed by atoms with Crippen molar-refractivity contribution in [1.29, 1.82) is 0 Å². The number of furan rings is 2. The molecular weight excluding hydrogens is 590 g/mol. The lowest BCUT2D eigenvalue weighted by atomic mass is 9.99. The van der Waals surface area contributed by atoms with Gasteiger partial charge in [0.25, 0.3) is 0 Å². The minimum atomic E-state index is 0.640. The lowest BCUT2D eigenvalue weighted by Gasteiger charge is -2.11. The summed E-state index contributed by atoms with van der Waals surface area (Å²) in [6.45, 7) is 0. The molecule has 4 heterocycles. The van der Waals surface area contributed by atoms with E-state index in [0.717, 1.165) is 88.4 Å². The molecule has 0 atom stereocenters. The summed E-state index contributed by atoms with van der Waals surface area (Å²) in [5.74, 6) is 0.656. The average Bonchev–Trinajstić information content (AvgIpc) is 3.73. The highest BCUT2D eigenvalue weighted by atomic mass is 16.3. The van der Waals surface area contributed by atoms with E-state index in [1.807, 2.05) is 66.7 Å². The third-order valence-electron chi connectivity index (χ3n) is 9.13. The zero-order valence-electron chi connectivity index (χ0n) is 25.6. The molecule has 0 saturated carbocycles. The van der Waals surface area contributed by atoms with Crippen LogP contribution in [-0.2, 0) is 0 Å². The van der Waals surface area contributed by atoms with Crippen LogP contribution in [0.1, 0.15) is 0 Å². The molecule has 0 radical (unpaired) electrons. The first-order valence-electron chi connectivity index (χ1n) is 15.9. The van der Waals surface area contributed by atoms with Crippen LogP contribution in [0.5, 0.6) is 0 Å². The van der Waals surface area contributed by atoms with Gasteiger partial charge >= 0.3 is 0 Å². The Bertz CT molecular complexity index is 2830. The van der Waals surface area contributed by atoms with Gasteiger partial charge in [0.05, 0.1) is 22.5 Å². The summed E-state index contributed by atoms with van der Waals surface area (Å²) in [7, 11) is 0. The molecule has 5 heteroatoms. The van der Waals surface area contributed by atoms with Crippen LogP contribution < -0.4 is 0 Å². The SMILES string of the molecule is c1ccc(-c2nc(-c3ccc(-c4nc5oc6ccccc6c5c5ccccc45)cc3)cc(-c3cccc4c3oc3ccccc34)n2)cc1. The molecule has 0 amide bonds. The summed E-state index contributed by atoms with van der Waals surface area (Å²) >= 11 is 0. The maximum absolute atomic E-state index is 6.40. The molecule has 0 aliphatic heterocycles. The van der Waals surface area contributed by atoms with Crippen molar-refractivity contribution < 1.29 is 8.83 Å². The predicted molar refractivity (Wildman–Crippen MR) is 194 cm³/mol. The fourth-order valence-corrected chi connectivity index (χ4v) is 6.86. The molecule has 10 rings (SSSR count). The van der Waals surface area contributed by atoms with E-state index in [-0.39, 0.29) is 0 Å². The van der Waals surface area contributed by atoms with Crippen molar-refractivity contribution in [2.75, 3.05) is 0 Å². The third kappa shape index (κ3) is 4.15. The van der Waals surface area contributed by atoms with Crippen LogP contribution in [0, 0.1) is 0 Å². The van der Waals surface area contributed by atoms with Gasteiger partial charge in [0.2, 0.25) is 5.71 Å². The van der Waals surface area contributed by atoms with Crippen LogP contribution in [0.4, 0.5) is 0 Å². The molecule has 48 heavy (non-hydrogen) atoms. The fourth-order valence-electron chi connectivity index (χ4n) is 6.86. The Morgan fingerprint density at radius 1 is 0.396 bits per heavy atom. The largest absolute Gasteiger partial charge is 0.455 e. The third-order valence-corrected chi connectivity index (χ3v) is 9.13. The van der Waals surface area contributed by atoms with Gasteiger partial charge in [0, 0.05) is 43.8 Å². The Labute approximate surface area is 274 Å². The van der Waals surface area contributed by atoms with E-state index in [2.05, 4.69) is 84.9 Å². The molecule has 0 bridgehead atoms. The van der Waals surface area contributed by atoms with Gasteiger partial charge in [-0.3, -0.25) is 0 Å². The van der Waals surface area contributed by atoms with Gasteiger partial charge in [0.15, 0.2) is 5.82 Å². The summed E-state index contributed by atoms with van der Waals surface area (Å²) in [5.41, 5.74) is 9.51. The van der Waals surface area contributed by atoms with Gasteiger partial charge in [-0.15, -0.1) is 0 Å². The number of benzene rings is 6. The maximum Gasteiger partial charge on any atom is 0.228 e. The summed E-state index contributed by atoms with van der Waals surface area (Å²) in [5, 5.41) is 6.48. The van der Waals surface area contributed by atoms with Crippen molar-refractivity contribution in [1.82, 2.24) is 15.0 Å². The molecule has 0 aliphatic rings. The molecule has 0 N–H and O–H groups in total. The Morgan fingerprint density at radius 3 is 1.83 bits per heavy atom. The molecule has 4 aromatic heterocycles. The van der Waals surface area contributed by atoms with Crippen LogP contribution in [0.2, 0.25) is 0 Å². The first kappa shape index (κ1) is 26.6. The van der Waals surface area contributed by atoms with E-state index in [9.17, 15) is 0 Å². The van der Waals surface area contributed by atoms with Crippen molar-refractivity contribution in [3.05, 3.63) is 152 Å². The Hall–Kier alpha value is -6.59. The maximum atomic E-state index is 6.40. The number of fused-ring (bicyclic) bond motifs is 8. The lowest BCUT2D eigenvalue weighted by Crippen LogP contribution is -1.96. The number of para-hydroxylation sites is 3. The van der Waals surface area contributed by atoms with Crippen LogP contribution in [0.25, 0.3) is 99.9 Å². The minimum Gasteiger partial charge on any atom is -0.455 e. The van der Waals surface area contributed by atoms with Gasteiger partial charge in [-0.05, 0) is 29.7 Å². The number of rotatable bonds is 4. The standard InChI is InChI=1S/C43H25N3O2/c1-2-11-28(12-3-1)42-44-35(25-36(45-42)33-18-10-17-32-29-13-6-8-19-37(29)47-41(32)33)26-21-23-27(24-22-26)40-31-15-5-4-14-30(31)39-34-16-7-9-20-38(34)48-43(39)46-40/h1-25H. The van der Waals surface area contributed by atoms with Crippen molar-refractivity contribution in [2.24, 2.45) is 0 Å². The molecular formula is C43H25N3O2. The second-order valence-corrected chi connectivity index (χ2v) is 12.0. The van der Waals surface area contributed by atoms with Crippen molar-refractivity contribution in [2.45, 2.75) is 0 Å². The molecule has 0 aliphatic carbocycles. The van der Waals surface area contributed by atoms with Crippen LogP contribution in [0.3, 0.4) is 0 Å². The highest BCUT2D eigenvalue weighted by Crippen LogP contribution is 2.39. The normalized spacial score (nSPS) is 11.8. The second-order valence-electron chi connectivity index (χ2n) is 12.0. The molecule has 224 valence electrons. The monoisotopic (exact) mass is 615 g/mol. The molecule has 10 aromatic rings. The summed E-state index contributed by atoms with van der Waals surface area (Å²) in [6.07, 6.45) is 0. The van der Waals surface area contributed by atoms with Gasteiger partial charge in [0.1, 0.15) is 16.7 Å². The highest BCUT2D eigenvalue weighted by molar-refractivity contribution is 6.20. The average molecular weight is 616 g/mol. The highest BCUT2D eigenvalue weighted by Gasteiger charge is 2.18. The Morgan fingerprint density at radius 2 is 1.02 bits per heavy atom. The first-order valence-corrected chi connectivity index (χ1v) is 15.9. The van der Waals surface area contributed by atoms with Crippen molar-refractivity contribution in [3.8, 4) is 45.2 Å². The molecule has 0 fully saturated rings. The number of pyridine rings is 1. The van der Waals surface area contributed by atoms with E-state index in [0.29, 0.717) is 11.5 Å². The topological polar surface area (TPSA) is 65.0 Å². The van der Waals surface area contributed by atoms with E-state index >= 15 is 0 Å². The fraction of sp³-hybridized carbons (Fsp3) is 0. The molecule has 5 nitrogen and oxygen atoms in total. The molecule has 0 unspecified atom stereocenters. The summed E-state index contributed by atoms with van der Waals surface area (Å²) in [6, 6.07) is 51.5. The zero-order chi connectivity index (χ0) is 31.6. The van der Waals surface area contributed by atoms with Crippen molar-refractivity contribution >= 4 is 54.8 Å². The van der Waals surface area contributed by atoms with E-state index < -0.39 is 0 Å². The van der Waals surface area contributed by atoms with Crippen LogP contribution >= 0.6 is 0 Å². The van der Waals surface area contributed by atoms with Gasteiger partial charge in [-0.25, -0.2) is 15.0 Å². The Balaban J connectivity index is 1.13. The van der Waals surface area contributed by atoms with Crippen molar-refractivity contribution in [3.63, 3.8) is 0 Å². The van der Waals surface area contributed by atoms with E-state index in [1.54, 1.807) is 0 Å². The second kappa shape index (κ2) is 10.5. The summed E-state index contributed by atoms with van der Waals surface area (Å²) in [4.78, 5) is 15.2. The van der Waals surface area contributed by atoms with Crippen LogP contribution in [-0.4, -0.2) is 15.0 Å². The predicted octanol–water partition coefficient (Wildman–Crippen LogP) is 11.5. The van der Waals surface area contributed by atoms with Gasteiger partial charge in [-0.1, -0.05) is 127 Å². The molecule has 0 saturated heterocycles. The lowest BCUT2D eigenvalue weighted by molar-refractivity contribution is 0.655. The molecule has 6 aromatic carbocycles. The Kier molecular flexibility index (Phi) is 5.81. The summed E-state index contributed by atoms with van der Waals surface area (Å²) < 4.78 is 12.6. The number of hydrogen-bond acceptors (Lipinski definition) is 5. The smallest absolute Gasteiger partial charge is 0.228 e. The molecule has 0 spiro atoms. The minimum absolute atomic E-state index is 0.640. The van der Waals surface area contributed by atoms with E-state index in [1.165, 1.54) is 0 Å². The number of hydrogen-bond donors (Lipinski definition) is 0. The first-order chi connectivity index (χ1) is 23.8. The number of nitrogens with zero attached hydrogens (tertiary/aromatic N) is 3. The number of aromatic nitrogens is 3. The zero-order valence-corrected chi connectivity index (χ0v) is 25.6. The quantitative estimate of drug-likeness (QED) is 0.197.